The number of fused-ring (bicyclic) bond motifs is 1. The van der Waals surface area contributed by atoms with Gasteiger partial charge in [-0.3, -0.25) is 4.79 Å². The van der Waals surface area contributed by atoms with Crippen LogP contribution in [0.4, 0.5) is 0 Å². The molecule has 1 aliphatic rings. The van der Waals surface area contributed by atoms with E-state index in [2.05, 4.69) is 10.5 Å². The summed E-state index contributed by atoms with van der Waals surface area (Å²) < 4.78 is 16.9. The average Bonchev–Trinajstić information content (AvgIpc) is 3.14. The molecule has 0 bridgehead atoms. The first kappa shape index (κ1) is 18.3. The number of carbonyl (C=O) groups is 1. The second kappa shape index (κ2) is 7.40. The van der Waals surface area contributed by atoms with Crippen LogP contribution in [-0.2, 0) is 13.0 Å². The van der Waals surface area contributed by atoms with Crippen molar-refractivity contribution in [3.8, 4) is 11.5 Å². The number of nitrogens with zero attached hydrogens (tertiary/aromatic N) is 1. The number of nitrogens with one attached hydrogen (secondary N) is 1. The van der Waals surface area contributed by atoms with Gasteiger partial charge in [0.05, 0.1) is 12.3 Å². The Morgan fingerprint density at radius 2 is 2.19 bits per heavy atom. The molecule has 0 radical (unpaired) electrons. The van der Waals surface area contributed by atoms with Gasteiger partial charge in [-0.1, -0.05) is 19.0 Å². The maximum Gasteiger partial charge on any atom is 0.257 e. The van der Waals surface area contributed by atoms with E-state index in [9.17, 15) is 4.79 Å². The van der Waals surface area contributed by atoms with Gasteiger partial charge >= 0.3 is 0 Å². The topological polar surface area (TPSA) is 73.6 Å². The summed E-state index contributed by atoms with van der Waals surface area (Å²) in [5, 5.41) is 6.90. The molecular weight excluding hydrogens is 332 g/mol. The summed E-state index contributed by atoms with van der Waals surface area (Å²) in [6, 6.07) is 3.99. The summed E-state index contributed by atoms with van der Waals surface area (Å²) in [7, 11) is 0. The first-order chi connectivity index (χ1) is 12.4. The zero-order valence-electron chi connectivity index (χ0n) is 16.0. The molecule has 0 unspecified atom stereocenters. The summed E-state index contributed by atoms with van der Waals surface area (Å²) in [5.74, 6) is 2.16. The largest absolute Gasteiger partial charge is 0.494 e. The first-order valence-electron chi connectivity index (χ1n) is 9.10. The van der Waals surface area contributed by atoms with Crippen LogP contribution in [0.3, 0.4) is 0 Å². The van der Waals surface area contributed by atoms with E-state index in [1.165, 1.54) is 0 Å². The zero-order valence-corrected chi connectivity index (χ0v) is 16.0. The fraction of sp³-hybridized carbons (Fsp3) is 0.500. The maximum atomic E-state index is 12.7. The molecule has 26 heavy (non-hydrogen) atoms. The van der Waals surface area contributed by atoms with Gasteiger partial charge in [0.2, 0.25) is 0 Å². The molecule has 1 aromatic heterocycles. The molecular formula is C20H26N2O4. The van der Waals surface area contributed by atoms with Gasteiger partial charge in [-0.05, 0) is 32.9 Å². The van der Waals surface area contributed by atoms with Gasteiger partial charge in [0.25, 0.3) is 5.91 Å². The van der Waals surface area contributed by atoms with Crippen molar-refractivity contribution in [1.29, 1.82) is 0 Å². The summed E-state index contributed by atoms with van der Waals surface area (Å²) in [4.78, 5) is 12.7. The number of ether oxygens (including phenoxy) is 2. The van der Waals surface area contributed by atoms with Crippen LogP contribution in [0.5, 0.6) is 11.5 Å². The number of aryl methyl sites for hydroxylation is 1. The molecule has 2 aromatic rings. The monoisotopic (exact) mass is 358 g/mol. The van der Waals surface area contributed by atoms with E-state index >= 15 is 0 Å². The second-order valence-electron chi connectivity index (χ2n) is 6.98. The number of hydrogen-bond acceptors (Lipinski definition) is 5. The zero-order chi connectivity index (χ0) is 18.8. The molecule has 0 aliphatic carbocycles. The van der Waals surface area contributed by atoms with Crippen LogP contribution in [0.25, 0.3) is 0 Å². The molecule has 140 valence electrons. The van der Waals surface area contributed by atoms with Crippen LogP contribution in [0.15, 0.2) is 16.7 Å². The van der Waals surface area contributed by atoms with Gasteiger partial charge in [-0.15, -0.1) is 0 Å². The van der Waals surface area contributed by atoms with Crippen molar-refractivity contribution in [1.82, 2.24) is 10.5 Å². The van der Waals surface area contributed by atoms with Crippen LogP contribution >= 0.6 is 0 Å². The highest BCUT2D eigenvalue weighted by molar-refractivity contribution is 5.96. The Hall–Kier alpha value is -2.50. The predicted octanol–water partition coefficient (Wildman–Crippen LogP) is 3.76. The third kappa shape index (κ3) is 3.54. The lowest BCUT2D eigenvalue weighted by Gasteiger charge is -2.13. The van der Waals surface area contributed by atoms with E-state index in [1.54, 1.807) is 6.92 Å². The highest BCUT2D eigenvalue weighted by Crippen LogP contribution is 2.35. The van der Waals surface area contributed by atoms with Crippen LogP contribution in [0.2, 0.25) is 0 Å². The van der Waals surface area contributed by atoms with Gasteiger partial charge in [0.15, 0.2) is 5.76 Å². The number of benzene rings is 1. The lowest BCUT2D eigenvalue weighted by molar-refractivity contribution is 0.0947. The summed E-state index contributed by atoms with van der Waals surface area (Å²) in [6.07, 6.45) is 1.04. The molecule has 1 aliphatic heterocycles. The highest BCUT2D eigenvalue weighted by atomic mass is 16.5. The fourth-order valence-electron chi connectivity index (χ4n) is 3.23. The van der Waals surface area contributed by atoms with Crippen molar-refractivity contribution in [2.24, 2.45) is 0 Å². The molecule has 1 amide bonds. The van der Waals surface area contributed by atoms with Gasteiger partial charge in [-0.2, -0.15) is 0 Å². The minimum absolute atomic E-state index is 0.0887. The lowest BCUT2D eigenvalue weighted by Crippen LogP contribution is -2.24. The van der Waals surface area contributed by atoms with E-state index in [4.69, 9.17) is 14.0 Å². The quantitative estimate of drug-likeness (QED) is 0.851. The minimum atomic E-state index is -0.190. The minimum Gasteiger partial charge on any atom is -0.494 e. The maximum absolute atomic E-state index is 12.7. The number of hydrogen-bond donors (Lipinski definition) is 1. The van der Waals surface area contributed by atoms with Gasteiger partial charge in [0.1, 0.15) is 23.2 Å². The number of carbonyl (C=O) groups excluding carboxylic acids is 1. The van der Waals surface area contributed by atoms with Crippen LogP contribution < -0.4 is 14.8 Å². The third-order valence-corrected chi connectivity index (χ3v) is 4.46. The molecule has 3 rings (SSSR count). The van der Waals surface area contributed by atoms with Crippen molar-refractivity contribution in [3.63, 3.8) is 0 Å². The lowest BCUT2D eigenvalue weighted by atomic mass is 10.0. The Balaban J connectivity index is 1.80. The normalized spacial score (nSPS) is 15.7. The highest BCUT2D eigenvalue weighted by Gasteiger charge is 2.24. The van der Waals surface area contributed by atoms with Gasteiger partial charge in [0, 0.05) is 30.0 Å². The standard InChI is InChI=1S/C20H26N2O4/c1-6-24-16-8-14-7-12(4)25-17(14)9-15(16)10-21-20(23)18-13(5)22-26-19(18)11(2)3/h8-9,11-12H,6-7,10H2,1-5H3,(H,21,23)/t12-/m1/s1. The Morgan fingerprint density at radius 1 is 1.42 bits per heavy atom. The Bertz CT molecular complexity index is 810. The Kier molecular flexibility index (Phi) is 5.20. The second-order valence-corrected chi connectivity index (χ2v) is 6.98. The van der Waals surface area contributed by atoms with E-state index < -0.39 is 0 Å². The van der Waals surface area contributed by atoms with Crippen LogP contribution in [-0.4, -0.2) is 23.8 Å². The molecule has 0 fully saturated rings. The molecule has 2 heterocycles. The summed E-state index contributed by atoms with van der Waals surface area (Å²) in [6.45, 7) is 10.6. The molecule has 1 aromatic carbocycles. The van der Waals surface area contributed by atoms with Crippen molar-refractivity contribution in [2.75, 3.05) is 6.61 Å². The van der Waals surface area contributed by atoms with E-state index in [0.29, 0.717) is 30.2 Å². The van der Waals surface area contributed by atoms with Gasteiger partial charge in [-0.25, -0.2) is 0 Å². The van der Waals surface area contributed by atoms with Gasteiger partial charge < -0.3 is 19.3 Å². The van der Waals surface area contributed by atoms with Crippen molar-refractivity contribution < 1.29 is 18.8 Å². The SMILES string of the molecule is CCOc1cc2c(cc1CNC(=O)c1c(C)noc1C(C)C)O[C@H](C)C2. The number of rotatable bonds is 6. The summed E-state index contributed by atoms with van der Waals surface area (Å²) >= 11 is 0. The molecule has 6 heteroatoms. The summed E-state index contributed by atoms with van der Waals surface area (Å²) in [5.41, 5.74) is 3.16. The Morgan fingerprint density at radius 3 is 2.88 bits per heavy atom. The third-order valence-electron chi connectivity index (χ3n) is 4.46. The molecule has 6 nitrogen and oxygen atoms in total. The van der Waals surface area contributed by atoms with Crippen molar-refractivity contribution in [3.05, 3.63) is 40.3 Å². The molecule has 0 saturated heterocycles. The predicted molar refractivity (Wildman–Crippen MR) is 97.9 cm³/mol. The van der Waals surface area contributed by atoms with Crippen LogP contribution in [0, 0.1) is 6.92 Å². The molecule has 1 atom stereocenters. The molecule has 0 spiro atoms. The van der Waals surface area contributed by atoms with Crippen LogP contribution in [0.1, 0.15) is 66.6 Å². The molecule has 0 saturated carbocycles. The Labute approximate surface area is 153 Å². The van der Waals surface area contributed by atoms with Crippen molar-refractivity contribution >= 4 is 5.91 Å². The van der Waals surface area contributed by atoms with E-state index in [-0.39, 0.29) is 17.9 Å². The van der Waals surface area contributed by atoms with Crippen molar-refractivity contribution in [2.45, 2.75) is 59.6 Å². The first-order valence-corrected chi connectivity index (χ1v) is 9.10. The van der Waals surface area contributed by atoms with E-state index in [1.807, 2.05) is 39.8 Å². The van der Waals surface area contributed by atoms with E-state index in [0.717, 1.165) is 29.0 Å². The fourth-order valence-corrected chi connectivity index (χ4v) is 3.23. The number of amides is 1. The number of aromatic nitrogens is 1. The molecule has 1 N–H and O–H groups in total. The average molecular weight is 358 g/mol. The smallest absolute Gasteiger partial charge is 0.257 e.